The highest BCUT2D eigenvalue weighted by molar-refractivity contribution is 7.17. The van der Waals surface area contributed by atoms with E-state index in [-0.39, 0.29) is 5.92 Å². The van der Waals surface area contributed by atoms with E-state index in [0.29, 0.717) is 0 Å². The molecule has 2 rings (SSSR count). The summed E-state index contributed by atoms with van der Waals surface area (Å²) in [7, 11) is 0. The lowest BCUT2D eigenvalue weighted by molar-refractivity contribution is -0.0124. The fourth-order valence-corrected chi connectivity index (χ4v) is 3.24. The minimum atomic E-state index is -0.704. The molecule has 1 aromatic carbocycles. The smallest absolute Gasteiger partial charge is 0.0930 e. The van der Waals surface area contributed by atoms with Crippen LogP contribution in [-0.4, -0.2) is 5.11 Å². The molecule has 1 nitrogen and oxygen atoms in total. The highest BCUT2D eigenvalue weighted by Gasteiger charge is 2.32. The molecule has 0 saturated heterocycles. The Bertz CT molecular complexity index is 486. The Balaban J connectivity index is 2.65. The predicted octanol–water partition coefficient (Wildman–Crippen LogP) is 4.15. The first kappa shape index (κ1) is 11.6. The van der Waals surface area contributed by atoms with Gasteiger partial charge in [-0.15, -0.1) is 11.3 Å². The first-order valence-corrected chi connectivity index (χ1v) is 6.66. The number of hydrogen-bond donors (Lipinski definition) is 1. The number of fused-ring (bicyclic) bond motifs is 1. The Morgan fingerprint density at radius 1 is 1.31 bits per heavy atom. The molecule has 0 fully saturated rings. The third-order valence-electron chi connectivity index (χ3n) is 3.44. The van der Waals surface area contributed by atoms with Crippen molar-refractivity contribution in [2.24, 2.45) is 5.92 Å². The lowest BCUT2D eigenvalue weighted by Crippen LogP contribution is -2.31. The summed E-state index contributed by atoms with van der Waals surface area (Å²) in [6.07, 6.45) is 0.752. The van der Waals surface area contributed by atoms with Gasteiger partial charge in [0.15, 0.2) is 0 Å². The van der Waals surface area contributed by atoms with E-state index in [0.717, 1.165) is 12.0 Å². The summed E-state index contributed by atoms with van der Waals surface area (Å²) in [5.74, 6) is 0.227. The first-order chi connectivity index (χ1) is 7.59. The van der Waals surface area contributed by atoms with Crippen LogP contribution in [0.5, 0.6) is 0 Å². The molecule has 2 aromatic rings. The lowest BCUT2D eigenvalue weighted by atomic mass is 9.81. The Kier molecular flexibility index (Phi) is 3.04. The van der Waals surface area contributed by atoms with E-state index in [1.807, 2.05) is 13.0 Å². The highest BCUT2D eigenvalue weighted by Crippen LogP contribution is 2.38. The Hall–Kier alpha value is -0.860. The summed E-state index contributed by atoms with van der Waals surface area (Å²) in [4.78, 5) is 0. The van der Waals surface area contributed by atoms with Gasteiger partial charge in [0.05, 0.1) is 5.60 Å². The number of thiophene rings is 1. The molecule has 1 N–H and O–H groups in total. The largest absolute Gasteiger partial charge is 0.385 e. The van der Waals surface area contributed by atoms with Crippen LogP contribution < -0.4 is 0 Å². The first-order valence-electron chi connectivity index (χ1n) is 5.78. The van der Waals surface area contributed by atoms with Crippen LogP contribution in [-0.2, 0) is 5.60 Å². The second-order valence-corrected chi connectivity index (χ2v) is 5.49. The standard InChI is InChI=1S/C14H18OS/c1-4-14(15,10(2)3)12-7-5-6-11-8-9-16-13(11)12/h5-10,15H,4H2,1-3H3. The van der Waals surface area contributed by atoms with E-state index in [2.05, 4.69) is 37.4 Å². The molecule has 2 heteroatoms. The molecular formula is C14H18OS. The zero-order valence-corrected chi connectivity index (χ0v) is 10.8. The maximum atomic E-state index is 10.8. The summed E-state index contributed by atoms with van der Waals surface area (Å²) in [5, 5.41) is 14.1. The zero-order chi connectivity index (χ0) is 11.8. The number of hydrogen-bond acceptors (Lipinski definition) is 2. The van der Waals surface area contributed by atoms with Crippen molar-refractivity contribution in [1.29, 1.82) is 0 Å². The lowest BCUT2D eigenvalue weighted by Gasteiger charge is -2.32. The van der Waals surface area contributed by atoms with Crippen molar-refractivity contribution in [2.45, 2.75) is 32.8 Å². The van der Waals surface area contributed by atoms with Crippen LogP contribution in [0.15, 0.2) is 29.6 Å². The minimum Gasteiger partial charge on any atom is -0.385 e. The van der Waals surface area contributed by atoms with Gasteiger partial charge in [0.1, 0.15) is 0 Å². The fourth-order valence-electron chi connectivity index (χ4n) is 2.24. The quantitative estimate of drug-likeness (QED) is 0.845. The zero-order valence-electron chi connectivity index (χ0n) is 10.0. The normalized spacial score (nSPS) is 15.6. The second-order valence-electron chi connectivity index (χ2n) is 4.58. The molecule has 0 aliphatic rings. The summed E-state index contributed by atoms with van der Waals surface area (Å²) in [5.41, 5.74) is 0.377. The maximum Gasteiger partial charge on any atom is 0.0930 e. The number of benzene rings is 1. The van der Waals surface area contributed by atoms with Crippen molar-refractivity contribution in [3.8, 4) is 0 Å². The Morgan fingerprint density at radius 3 is 2.69 bits per heavy atom. The van der Waals surface area contributed by atoms with Crippen LogP contribution in [0.25, 0.3) is 10.1 Å². The van der Waals surface area contributed by atoms with Crippen LogP contribution in [0.1, 0.15) is 32.8 Å². The average Bonchev–Trinajstić information content (AvgIpc) is 2.75. The number of aliphatic hydroxyl groups is 1. The average molecular weight is 234 g/mol. The molecule has 1 unspecified atom stereocenters. The summed E-state index contributed by atoms with van der Waals surface area (Å²) >= 11 is 1.71. The van der Waals surface area contributed by atoms with Gasteiger partial charge in [-0.25, -0.2) is 0 Å². The monoisotopic (exact) mass is 234 g/mol. The van der Waals surface area contributed by atoms with Crippen LogP contribution >= 0.6 is 11.3 Å². The molecule has 0 bridgehead atoms. The number of rotatable bonds is 3. The van der Waals surface area contributed by atoms with Crippen LogP contribution in [0.4, 0.5) is 0 Å². The van der Waals surface area contributed by atoms with Crippen molar-refractivity contribution < 1.29 is 5.11 Å². The predicted molar refractivity (Wildman–Crippen MR) is 70.9 cm³/mol. The molecule has 1 heterocycles. The van der Waals surface area contributed by atoms with Gasteiger partial charge in [-0.05, 0) is 29.2 Å². The van der Waals surface area contributed by atoms with E-state index < -0.39 is 5.60 Å². The molecule has 0 radical (unpaired) electrons. The van der Waals surface area contributed by atoms with E-state index in [1.54, 1.807) is 11.3 Å². The van der Waals surface area contributed by atoms with Crippen molar-refractivity contribution in [1.82, 2.24) is 0 Å². The molecule has 86 valence electrons. The summed E-state index contributed by atoms with van der Waals surface area (Å²) in [6, 6.07) is 8.31. The van der Waals surface area contributed by atoms with Crippen LogP contribution in [0, 0.1) is 5.92 Å². The van der Waals surface area contributed by atoms with Gasteiger partial charge in [-0.2, -0.15) is 0 Å². The van der Waals surface area contributed by atoms with E-state index in [4.69, 9.17) is 0 Å². The molecular weight excluding hydrogens is 216 g/mol. The Morgan fingerprint density at radius 2 is 2.06 bits per heavy atom. The fraction of sp³-hybridized carbons (Fsp3) is 0.429. The molecule has 0 spiro atoms. The van der Waals surface area contributed by atoms with E-state index in [1.165, 1.54) is 10.1 Å². The van der Waals surface area contributed by atoms with Crippen LogP contribution in [0.2, 0.25) is 0 Å². The third-order valence-corrected chi connectivity index (χ3v) is 4.40. The highest BCUT2D eigenvalue weighted by atomic mass is 32.1. The molecule has 1 atom stereocenters. The molecule has 1 aromatic heterocycles. The van der Waals surface area contributed by atoms with Gasteiger partial charge in [0.2, 0.25) is 0 Å². The van der Waals surface area contributed by atoms with Gasteiger partial charge >= 0.3 is 0 Å². The Labute approximate surface area is 101 Å². The molecule has 0 amide bonds. The van der Waals surface area contributed by atoms with Crippen LogP contribution in [0.3, 0.4) is 0 Å². The molecule has 0 saturated carbocycles. The summed E-state index contributed by atoms with van der Waals surface area (Å²) in [6.45, 7) is 6.21. The van der Waals surface area contributed by atoms with E-state index in [9.17, 15) is 5.11 Å². The molecule has 0 aliphatic carbocycles. The van der Waals surface area contributed by atoms with Crippen molar-refractivity contribution in [3.63, 3.8) is 0 Å². The van der Waals surface area contributed by atoms with Crippen molar-refractivity contribution in [3.05, 3.63) is 35.2 Å². The second kappa shape index (κ2) is 4.19. The van der Waals surface area contributed by atoms with Gasteiger partial charge in [-0.1, -0.05) is 39.0 Å². The topological polar surface area (TPSA) is 20.2 Å². The van der Waals surface area contributed by atoms with Gasteiger partial charge in [0, 0.05) is 10.3 Å². The van der Waals surface area contributed by atoms with Crippen molar-refractivity contribution in [2.75, 3.05) is 0 Å². The minimum absolute atomic E-state index is 0.227. The SMILES string of the molecule is CCC(O)(c1cccc2ccsc12)C(C)C. The third kappa shape index (κ3) is 1.66. The van der Waals surface area contributed by atoms with Gasteiger partial charge in [0.25, 0.3) is 0 Å². The van der Waals surface area contributed by atoms with Crippen molar-refractivity contribution >= 4 is 21.4 Å². The molecule has 0 aliphatic heterocycles. The maximum absolute atomic E-state index is 10.8. The summed E-state index contributed by atoms with van der Waals surface area (Å²) < 4.78 is 1.22. The molecule has 16 heavy (non-hydrogen) atoms. The van der Waals surface area contributed by atoms with E-state index >= 15 is 0 Å². The van der Waals surface area contributed by atoms with Gasteiger partial charge < -0.3 is 5.11 Å². The van der Waals surface area contributed by atoms with Gasteiger partial charge in [-0.3, -0.25) is 0 Å².